The van der Waals surface area contributed by atoms with Crippen molar-refractivity contribution in [1.82, 2.24) is 20.0 Å². The van der Waals surface area contributed by atoms with Gasteiger partial charge in [0.15, 0.2) is 5.82 Å². The fourth-order valence-corrected chi connectivity index (χ4v) is 2.76. The van der Waals surface area contributed by atoms with E-state index in [2.05, 4.69) is 47.7 Å². The number of nitrogens with zero attached hydrogens (tertiary/aromatic N) is 4. The van der Waals surface area contributed by atoms with Crippen molar-refractivity contribution in [2.24, 2.45) is 0 Å². The van der Waals surface area contributed by atoms with Gasteiger partial charge in [-0.15, -0.1) is 0 Å². The number of aromatic nitrogens is 3. The molecule has 3 rings (SSSR count). The molecule has 120 valence electrons. The van der Waals surface area contributed by atoms with E-state index < -0.39 is 0 Å². The van der Waals surface area contributed by atoms with Crippen LogP contribution in [-0.4, -0.2) is 26.6 Å². The van der Waals surface area contributed by atoms with Crippen LogP contribution in [0.4, 0.5) is 0 Å². The van der Waals surface area contributed by atoms with E-state index in [1.807, 2.05) is 6.20 Å². The highest BCUT2D eigenvalue weighted by Gasteiger charge is 2.31. The Morgan fingerprint density at radius 1 is 1.27 bits per heavy atom. The first-order valence-corrected chi connectivity index (χ1v) is 8.06. The van der Waals surface area contributed by atoms with Gasteiger partial charge in [0.05, 0.1) is 18.8 Å². The van der Waals surface area contributed by atoms with E-state index in [-0.39, 0.29) is 12.0 Å². The van der Waals surface area contributed by atoms with Crippen molar-refractivity contribution < 1.29 is 8.94 Å². The smallest absolute Gasteiger partial charge is 0.229 e. The van der Waals surface area contributed by atoms with Gasteiger partial charge in [0, 0.05) is 11.8 Å². The first kappa shape index (κ1) is 15.2. The third-order valence-electron chi connectivity index (χ3n) is 4.09. The van der Waals surface area contributed by atoms with E-state index in [0.717, 1.165) is 36.9 Å². The zero-order valence-electron chi connectivity index (χ0n) is 13.7. The molecule has 3 heterocycles. The molecule has 0 spiro atoms. The van der Waals surface area contributed by atoms with Crippen LogP contribution >= 0.6 is 0 Å². The Balaban J connectivity index is 1.72. The Hall–Kier alpha value is -1.69. The number of rotatable bonds is 5. The summed E-state index contributed by atoms with van der Waals surface area (Å²) in [6.45, 7) is 10.0. The Morgan fingerprint density at radius 3 is 2.73 bits per heavy atom. The average Bonchev–Trinajstić information content (AvgIpc) is 3.18. The summed E-state index contributed by atoms with van der Waals surface area (Å²) in [7, 11) is 0. The maximum Gasteiger partial charge on any atom is 0.229 e. The molecular formula is C16H24N4O2. The van der Waals surface area contributed by atoms with Gasteiger partial charge < -0.3 is 8.94 Å². The van der Waals surface area contributed by atoms with Crippen LogP contribution in [0.25, 0.3) is 0 Å². The van der Waals surface area contributed by atoms with Crippen LogP contribution in [-0.2, 0) is 6.54 Å². The van der Waals surface area contributed by atoms with E-state index in [9.17, 15) is 0 Å². The summed E-state index contributed by atoms with van der Waals surface area (Å²) in [6.07, 6.45) is 4.01. The molecule has 22 heavy (non-hydrogen) atoms. The molecule has 1 saturated heterocycles. The summed E-state index contributed by atoms with van der Waals surface area (Å²) >= 11 is 0. The second-order valence-electron chi connectivity index (χ2n) is 6.59. The summed E-state index contributed by atoms with van der Waals surface area (Å²) in [5.41, 5.74) is 0. The monoisotopic (exact) mass is 304 g/mol. The van der Waals surface area contributed by atoms with Gasteiger partial charge in [0.2, 0.25) is 11.8 Å². The van der Waals surface area contributed by atoms with Crippen molar-refractivity contribution in [2.75, 3.05) is 6.54 Å². The molecule has 1 aliphatic heterocycles. The number of oxazole rings is 1. The van der Waals surface area contributed by atoms with Crippen LogP contribution in [0.15, 0.2) is 15.1 Å². The Morgan fingerprint density at radius 2 is 2.09 bits per heavy atom. The summed E-state index contributed by atoms with van der Waals surface area (Å²) < 4.78 is 11.2. The molecule has 6 heteroatoms. The second-order valence-corrected chi connectivity index (χ2v) is 6.59. The summed E-state index contributed by atoms with van der Waals surface area (Å²) in [4.78, 5) is 11.3. The van der Waals surface area contributed by atoms with Gasteiger partial charge in [-0.25, -0.2) is 4.98 Å². The van der Waals surface area contributed by atoms with Crippen molar-refractivity contribution in [3.8, 4) is 0 Å². The van der Waals surface area contributed by atoms with Crippen LogP contribution < -0.4 is 0 Å². The molecule has 6 nitrogen and oxygen atoms in total. The largest absolute Gasteiger partial charge is 0.444 e. The van der Waals surface area contributed by atoms with E-state index in [1.165, 1.54) is 0 Å². The topological polar surface area (TPSA) is 68.2 Å². The van der Waals surface area contributed by atoms with E-state index in [1.54, 1.807) is 0 Å². The fourth-order valence-electron chi connectivity index (χ4n) is 2.76. The van der Waals surface area contributed by atoms with Gasteiger partial charge in [0.25, 0.3) is 0 Å². The second kappa shape index (κ2) is 6.20. The molecule has 0 N–H and O–H groups in total. The molecule has 0 saturated carbocycles. The summed E-state index contributed by atoms with van der Waals surface area (Å²) in [5.74, 6) is 3.82. The molecule has 2 aromatic heterocycles. The highest BCUT2D eigenvalue weighted by atomic mass is 16.5. The zero-order chi connectivity index (χ0) is 15.7. The number of likely N-dealkylation sites (tertiary alicyclic amines) is 1. The number of hydrogen-bond donors (Lipinski definition) is 0. The van der Waals surface area contributed by atoms with Crippen LogP contribution in [0, 0.1) is 0 Å². The molecule has 1 fully saturated rings. The molecule has 1 atom stereocenters. The van der Waals surface area contributed by atoms with Crippen molar-refractivity contribution in [2.45, 2.75) is 65.0 Å². The van der Waals surface area contributed by atoms with Gasteiger partial charge in [-0.1, -0.05) is 32.9 Å². The Labute approximate surface area is 130 Å². The molecule has 0 bridgehead atoms. The third kappa shape index (κ3) is 3.06. The minimum absolute atomic E-state index is 0.200. The highest BCUT2D eigenvalue weighted by Crippen LogP contribution is 2.32. The van der Waals surface area contributed by atoms with Crippen molar-refractivity contribution in [1.29, 1.82) is 0 Å². The van der Waals surface area contributed by atoms with Crippen LogP contribution in [0.2, 0.25) is 0 Å². The first-order valence-electron chi connectivity index (χ1n) is 8.06. The molecule has 2 aromatic rings. The molecular weight excluding hydrogens is 280 g/mol. The maximum atomic E-state index is 5.82. The van der Waals surface area contributed by atoms with Crippen LogP contribution in [0.1, 0.15) is 81.8 Å². The lowest BCUT2D eigenvalue weighted by molar-refractivity contribution is 0.209. The minimum atomic E-state index is 0.200. The number of hydrogen-bond acceptors (Lipinski definition) is 6. The van der Waals surface area contributed by atoms with Crippen molar-refractivity contribution in [3.63, 3.8) is 0 Å². The lowest BCUT2D eigenvalue weighted by Gasteiger charge is -2.19. The minimum Gasteiger partial charge on any atom is -0.444 e. The molecule has 1 aliphatic rings. The third-order valence-corrected chi connectivity index (χ3v) is 4.09. The van der Waals surface area contributed by atoms with Gasteiger partial charge >= 0.3 is 0 Å². The van der Waals surface area contributed by atoms with Crippen LogP contribution in [0.3, 0.4) is 0 Å². The molecule has 0 aliphatic carbocycles. The van der Waals surface area contributed by atoms with Crippen molar-refractivity contribution in [3.05, 3.63) is 29.6 Å². The standard InChI is InChI=1S/C16H24N4O2/c1-10(2)13-8-17-14(21-13)9-20-7-5-6-12(20)15-18-16(11(3)4)22-19-15/h8,10-12H,5-7,9H2,1-4H3. The van der Waals surface area contributed by atoms with E-state index in [4.69, 9.17) is 8.94 Å². The average molecular weight is 304 g/mol. The molecule has 0 radical (unpaired) electrons. The summed E-state index contributed by atoms with van der Waals surface area (Å²) in [6, 6.07) is 0.200. The van der Waals surface area contributed by atoms with Gasteiger partial charge in [-0.05, 0) is 19.4 Å². The molecule has 1 unspecified atom stereocenters. The predicted octanol–water partition coefficient (Wildman–Crippen LogP) is 3.64. The fraction of sp³-hybridized carbons (Fsp3) is 0.688. The van der Waals surface area contributed by atoms with Gasteiger partial charge in [-0.3, -0.25) is 4.90 Å². The Bertz CT molecular complexity index is 617. The van der Waals surface area contributed by atoms with Gasteiger partial charge in [0.1, 0.15) is 5.76 Å². The SMILES string of the molecule is CC(C)c1cnc(CN2CCCC2c2noc(C(C)C)n2)o1. The van der Waals surface area contributed by atoms with Gasteiger partial charge in [-0.2, -0.15) is 4.98 Å². The lowest BCUT2D eigenvalue weighted by Crippen LogP contribution is -2.23. The predicted molar refractivity (Wildman–Crippen MR) is 81.4 cm³/mol. The zero-order valence-corrected chi connectivity index (χ0v) is 13.7. The van der Waals surface area contributed by atoms with Crippen molar-refractivity contribution >= 4 is 0 Å². The summed E-state index contributed by atoms with van der Waals surface area (Å²) in [5, 5.41) is 4.17. The quantitative estimate of drug-likeness (QED) is 0.840. The molecule has 0 aromatic carbocycles. The van der Waals surface area contributed by atoms with Crippen LogP contribution in [0.5, 0.6) is 0 Å². The lowest BCUT2D eigenvalue weighted by atomic mass is 10.2. The van der Waals surface area contributed by atoms with E-state index in [0.29, 0.717) is 18.4 Å². The molecule has 0 amide bonds. The maximum absolute atomic E-state index is 5.82. The highest BCUT2D eigenvalue weighted by molar-refractivity contribution is 5.03. The normalized spacial score (nSPS) is 19.6. The first-order chi connectivity index (χ1) is 10.5. The Kier molecular flexibility index (Phi) is 4.29. The van der Waals surface area contributed by atoms with E-state index >= 15 is 0 Å².